The maximum Gasteiger partial charge on any atom is 0.408 e. The molecule has 1 heterocycles. The highest BCUT2D eigenvalue weighted by molar-refractivity contribution is 5.95. The van der Waals surface area contributed by atoms with Crippen molar-refractivity contribution in [3.05, 3.63) is 90.5 Å². The van der Waals surface area contributed by atoms with Gasteiger partial charge in [0.05, 0.1) is 6.04 Å². The highest BCUT2D eigenvalue weighted by atomic mass is 16.5. The molecule has 2 aromatic carbocycles. The minimum atomic E-state index is -0.699. The first-order valence-electron chi connectivity index (χ1n) is 9.64. The van der Waals surface area contributed by atoms with Crippen LogP contribution in [0.4, 0.5) is 4.79 Å². The number of nitrogens with zero attached hydrogens (tertiary/aromatic N) is 2. The summed E-state index contributed by atoms with van der Waals surface area (Å²) in [5, 5.41) is 2.55. The van der Waals surface area contributed by atoms with Gasteiger partial charge in [-0.3, -0.25) is 9.59 Å². The number of Topliss-reactive ketones (excluding diaryl/α,β-unsaturated/α-hetero) is 2. The summed E-state index contributed by atoms with van der Waals surface area (Å²) in [5.74, 6) is -0.190. The molecule has 1 N–H and O–H groups in total. The van der Waals surface area contributed by atoms with Gasteiger partial charge in [-0.05, 0) is 12.5 Å². The van der Waals surface area contributed by atoms with E-state index in [4.69, 9.17) is 4.74 Å². The number of carbonyl (C=O) groups is 3. The summed E-state index contributed by atoms with van der Waals surface area (Å²) in [6.07, 6.45) is 4.51. The molecule has 0 unspecified atom stereocenters. The molecule has 0 aliphatic heterocycles. The zero-order valence-electron chi connectivity index (χ0n) is 16.7. The molecule has 0 radical (unpaired) electrons. The Bertz CT molecular complexity index is 1000. The summed E-state index contributed by atoms with van der Waals surface area (Å²) >= 11 is 0. The van der Waals surface area contributed by atoms with Crippen LogP contribution in [0.25, 0.3) is 0 Å². The molecule has 0 aliphatic carbocycles. The van der Waals surface area contributed by atoms with Crippen molar-refractivity contribution in [2.75, 3.05) is 0 Å². The van der Waals surface area contributed by atoms with Crippen LogP contribution in [0.1, 0.15) is 22.8 Å². The predicted molar refractivity (Wildman–Crippen MR) is 110 cm³/mol. The number of alkyl carbamates (subject to hydrolysis) is 1. The van der Waals surface area contributed by atoms with Crippen LogP contribution in [0.5, 0.6) is 0 Å². The third-order valence-electron chi connectivity index (χ3n) is 4.54. The minimum Gasteiger partial charge on any atom is -0.445 e. The Morgan fingerprint density at radius 2 is 1.70 bits per heavy atom. The van der Waals surface area contributed by atoms with Gasteiger partial charge in [-0.2, -0.15) is 0 Å². The van der Waals surface area contributed by atoms with Gasteiger partial charge in [0.15, 0.2) is 18.9 Å². The number of hydrogen-bond acceptors (Lipinski definition) is 4. The number of benzene rings is 2. The van der Waals surface area contributed by atoms with Crippen molar-refractivity contribution in [3.8, 4) is 0 Å². The third-order valence-corrected chi connectivity index (χ3v) is 4.54. The van der Waals surface area contributed by atoms with Crippen LogP contribution in [0.15, 0.2) is 79.4 Å². The number of ketones is 2. The Morgan fingerprint density at radius 3 is 2.40 bits per heavy atom. The zero-order chi connectivity index (χ0) is 21.3. The summed E-state index contributed by atoms with van der Waals surface area (Å²) < 4.78 is 8.53. The quantitative estimate of drug-likeness (QED) is 0.437. The van der Waals surface area contributed by atoms with Crippen molar-refractivity contribution < 1.29 is 23.7 Å². The van der Waals surface area contributed by atoms with Crippen molar-refractivity contribution in [3.63, 3.8) is 0 Å². The Kier molecular flexibility index (Phi) is 7.10. The molecule has 0 aliphatic rings. The van der Waals surface area contributed by atoms with Gasteiger partial charge in [-0.1, -0.05) is 60.7 Å². The molecule has 7 heteroatoms. The van der Waals surface area contributed by atoms with Gasteiger partial charge < -0.3 is 10.1 Å². The van der Waals surface area contributed by atoms with Gasteiger partial charge in [-0.15, -0.1) is 0 Å². The molecule has 3 aromatic rings. The lowest BCUT2D eigenvalue weighted by atomic mass is 10.1. The van der Waals surface area contributed by atoms with Crippen molar-refractivity contribution in [2.24, 2.45) is 0 Å². The lowest BCUT2D eigenvalue weighted by Crippen LogP contribution is -2.46. The second-order valence-corrected chi connectivity index (χ2v) is 6.94. The van der Waals surface area contributed by atoms with Crippen LogP contribution >= 0.6 is 0 Å². The van der Waals surface area contributed by atoms with E-state index in [1.807, 2.05) is 48.5 Å². The Balaban J connectivity index is 1.46. The fourth-order valence-electron chi connectivity index (χ4n) is 2.85. The number of amides is 1. The van der Waals surface area contributed by atoms with Gasteiger partial charge in [0.1, 0.15) is 19.0 Å². The summed E-state index contributed by atoms with van der Waals surface area (Å²) in [7, 11) is 0. The van der Waals surface area contributed by atoms with Gasteiger partial charge in [-0.25, -0.2) is 13.9 Å². The van der Waals surface area contributed by atoms with Crippen LogP contribution in [0, 0.1) is 0 Å². The molecule has 1 amide bonds. The van der Waals surface area contributed by atoms with Crippen LogP contribution in [0.2, 0.25) is 0 Å². The molecule has 0 saturated heterocycles. The monoisotopic (exact) mass is 406 g/mol. The first-order valence-corrected chi connectivity index (χ1v) is 9.64. The molecule has 0 saturated carbocycles. The Morgan fingerprint density at radius 1 is 1.03 bits per heavy atom. The molecule has 3 rings (SSSR count). The first-order chi connectivity index (χ1) is 14.5. The van der Waals surface area contributed by atoms with E-state index >= 15 is 0 Å². The second-order valence-electron chi connectivity index (χ2n) is 6.94. The fraction of sp³-hybridized carbons (Fsp3) is 0.217. The van der Waals surface area contributed by atoms with Crippen LogP contribution in [0.3, 0.4) is 0 Å². The smallest absolute Gasteiger partial charge is 0.408 e. The Hall–Kier alpha value is -3.74. The largest absolute Gasteiger partial charge is 0.445 e. The Labute approximate surface area is 174 Å². The predicted octanol–water partition coefficient (Wildman–Crippen LogP) is 2.54. The highest BCUT2D eigenvalue weighted by Gasteiger charge is 2.20. The normalized spacial score (nSPS) is 11.5. The lowest BCUT2D eigenvalue weighted by Gasteiger charge is -2.12. The molecule has 7 nitrogen and oxygen atoms in total. The van der Waals surface area contributed by atoms with Gasteiger partial charge >= 0.3 is 6.09 Å². The van der Waals surface area contributed by atoms with E-state index in [0.29, 0.717) is 5.56 Å². The van der Waals surface area contributed by atoms with E-state index < -0.39 is 12.1 Å². The summed E-state index contributed by atoms with van der Waals surface area (Å²) in [6, 6.07) is 17.7. The average Bonchev–Trinajstić information content (AvgIpc) is 3.20. The SMILES string of the molecule is C[C@H](NC(=O)OCc1ccccc1)C(=O)C[n+]1ccn(CC(=O)c2ccccc2)c1. The van der Waals surface area contributed by atoms with Gasteiger partial charge in [0, 0.05) is 5.56 Å². The summed E-state index contributed by atoms with van der Waals surface area (Å²) in [4.78, 5) is 36.6. The molecule has 0 spiro atoms. The van der Waals surface area contributed by atoms with E-state index in [-0.39, 0.29) is 31.3 Å². The minimum absolute atomic E-state index is 0.0131. The molecule has 0 bridgehead atoms. The standard InChI is InChI=1S/C23H23N3O4/c1-18(24-23(29)30-16-19-8-4-2-5-9-19)21(27)14-25-12-13-26(17-25)15-22(28)20-10-6-3-7-11-20/h2-13,17-18H,14-16H2,1H3/p+1/t18-/m0/s1. The third kappa shape index (κ3) is 6.13. The van der Waals surface area contributed by atoms with Crippen molar-refractivity contribution >= 4 is 17.7 Å². The maximum absolute atomic E-state index is 12.4. The fourth-order valence-corrected chi connectivity index (χ4v) is 2.85. The average molecular weight is 406 g/mol. The first kappa shape index (κ1) is 21.0. The molecule has 0 fully saturated rings. The topological polar surface area (TPSA) is 81.3 Å². The van der Waals surface area contributed by atoms with E-state index in [2.05, 4.69) is 5.32 Å². The van der Waals surface area contributed by atoms with Crippen molar-refractivity contribution in [2.45, 2.75) is 32.7 Å². The van der Waals surface area contributed by atoms with E-state index in [0.717, 1.165) is 5.56 Å². The van der Waals surface area contributed by atoms with Crippen molar-refractivity contribution in [1.29, 1.82) is 0 Å². The number of nitrogens with one attached hydrogen (secondary N) is 1. The van der Waals surface area contributed by atoms with E-state index in [1.165, 1.54) is 0 Å². The number of rotatable bonds is 9. The van der Waals surface area contributed by atoms with Crippen LogP contribution < -0.4 is 9.88 Å². The highest BCUT2D eigenvalue weighted by Crippen LogP contribution is 2.03. The molecular weight excluding hydrogens is 382 g/mol. The zero-order valence-corrected chi connectivity index (χ0v) is 16.7. The molecular formula is C23H24N3O4+. The van der Waals surface area contributed by atoms with Crippen LogP contribution in [-0.2, 0) is 29.2 Å². The lowest BCUT2D eigenvalue weighted by molar-refractivity contribution is -0.683. The summed E-state index contributed by atoms with van der Waals surface area (Å²) in [5.41, 5.74) is 1.51. The molecule has 30 heavy (non-hydrogen) atoms. The number of aromatic nitrogens is 2. The van der Waals surface area contributed by atoms with Crippen molar-refractivity contribution in [1.82, 2.24) is 9.88 Å². The number of carbonyl (C=O) groups excluding carboxylic acids is 3. The molecule has 154 valence electrons. The second kappa shape index (κ2) is 10.2. The van der Waals surface area contributed by atoms with E-state index in [9.17, 15) is 14.4 Å². The van der Waals surface area contributed by atoms with Gasteiger partial charge in [0.2, 0.25) is 12.1 Å². The molecule has 1 aromatic heterocycles. The van der Waals surface area contributed by atoms with Crippen LogP contribution in [-0.4, -0.2) is 28.3 Å². The van der Waals surface area contributed by atoms with Gasteiger partial charge in [0.25, 0.3) is 0 Å². The maximum atomic E-state index is 12.4. The molecule has 1 atom stereocenters. The number of ether oxygens (including phenoxy) is 1. The number of hydrogen-bond donors (Lipinski definition) is 1. The number of imidazole rings is 1. The van der Waals surface area contributed by atoms with E-state index in [1.54, 1.807) is 46.9 Å². The summed E-state index contributed by atoms with van der Waals surface area (Å²) in [6.45, 7) is 2.01.